The highest BCUT2D eigenvalue weighted by molar-refractivity contribution is 7.14. The van der Waals surface area contributed by atoms with E-state index >= 15 is 0 Å². The minimum absolute atomic E-state index is 0.0810. The van der Waals surface area contributed by atoms with Crippen LogP contribution in [0.3, 0.4) is 0 Å². The maximum atomic E-state index is 13.3. The summed E-state index contributed by atoms with van der Waals surface area (Å²) in [6.45, 7) is 2.08. The second-order valence-electron chi connectivity index (χ2n) is 6.09. The summed E-state index contributed by atoms with van der Waals surface area (Å²) in [4.78, 5) is 28.3. The molecule has 1 aromatic heterocycles. The molecule has 28 heavy (non-hydrogen) atoms. The van der Waals surface area contributed by atoms with Crippen molar-refractivity contribution in [3.63, 3.8) is 0 Å². The first-order chi connectivity index (χ1) is 13.4. The Morgan fingerprint density at radius 3 is 2.68 bits per heavy atom. The molecule has 2 amide bonds. The second-order valence-corrected chi connectivity index (χ2v) is 6.95. The molecule has 0 aliphatic carbocycles. The molecule has 1 heterocycles. The summed E-state index contributed by atoms with van der Waals surface area (Å²) in [7, 11) is 0. The molecule has 0 fully saturated rings. The zero-order valence-corrected chi connectivity index (χ0v) is 15.8. The summed E-state index contributed by atoms with van der Waals surface area (Å²) in [5.74, 6) is -2.44. The van der Waals surface area contributed by atoms with Crippen molar-refractivity contribution in [2.24, 2.45) is 0 Å². The lowest BCUT2D eigenvalue weighted by molar-refractivity contribution is -0.116. The van der Waals surface area contributed by atoms with Crippen LogP contribution in [0.25, 0.3) is 11.3 Å². The Balaban J connectivity index is 1.51. The zero-order chi connectivity index (χ0) is 20.1. The molecule has 3 aromatic rings. The van der Waals surface area contributed by atoms with Crippen LogP contribution in [0.2, 0.25) is 0 Å². The monoisotopic (exact) mass is 401 g/mol. The van der Waals surface area contributed by atoms with E-state index in [2.05, 4.69) is 15.6 Å². The summed E-state index contributed by atoms with van der Waals surface area (Å²) in [5, 5.41) is 7.30. The van der Waals surface area contributed by atoms with Gasteiger partial charge in [-0.1, -0.05) is 17.7 Å². The third-order valence-corrected chi connectivity index (χ3v) is 4.64. The smallest absolute Gasteiger partial charge is 0.251 e. The summed E-state index contributed by atoms with van der Waals surface area (Å²) < 4.78 is 26.3. The Hall–Kier alpha value is -3.13. The van der Waals surface area contributed by atoms with Crippen molar-refractivity contribution < 1.29 is 18.4 Å². The third kappa shape index (κ3) is 4.98. The highest BCUT2D eigenvalue weighted by Gasteiger charge is 2.11. The van der Waals surface area contributed by atoms with Gasteiger partial charge in [-0.05, 0) is 37.3 Å². The Bertz CT molecular complexity index is 1020. The van der Waals surface area contributed by atoms with Crippen molar-refractivity contribution in [3.8, 4) is 11.3 Å². The molecular formula is C20H17F2N3O2S. The van der Waals surface area contributed by atoms with E-state index in [1.165, 1.54) is 17.4 Å². The molecule has 8 heteroatoms. The lowest BCUT2D eigenvalue weighted by Crippen LogP contribution is -2.27. The molecule has 0 aliphatic rings. The number of hydrogen-bond acceptors (Lipinski definition) is 4. The molecular weight excluding hydrogens is 384 g/mol. The van der Waals surface area contributed by atoms with Crippen LogP contribution >= 0.6 is 11.3 Å². The van der Waals surface area contributed by atoms with Crippen molar-refractivity contribution in [1.82, 2.24) is 10.3 Å². The first kappa shape index (κ1) is 19.6. The zero-order valence-electron chi connectivity index (χ0n) is 15.0. The molecule has 0 spiro atoms. The van der Waals surface area contributed by atoms with Gasteiger partial charge in [-0.25, -0.2) is 13.8 Å². The van der Waals surface area contributed by atoms with E-state index in [0.717, 1.165) is 17.7 Å². The molecule has 3 rings (SSSR count). The fraction of sp³-hybridized carbons (Fsp3) is 0.150. The van der Waals surface area contributed by atoms with Crippen molar-refractivity contribution in [3.05, 3.63) is 70.6 Å². The normalized spacial score (nSPS) is 10.5. The molecule has 0 unspecified atom stereocenters. The number of hydrogen-bond donors (Lipinski definition) is 2. The summed E-state index contributed by atoms with van der Waals surface area (Å²) in [5.41, 5.74) is 2.37. The van der Waals surface area contributed by atoms with Crippen LogP contribution in [0, 0.1) is 18.6 Å². The number of carbonyl (C=O) groups excluding carboxylic acids is 2. The molecule has 0 bridgehead atoms. The SMILES string of the molecule is Cc1cccc(C(=O)NCCC(=O)Nc2nc(-c3ccc(F)c(F)c3)cs2)c1. The summed E-state index contributed by atoms with van der Waals surface area (Å²) in [6, 6.07) is 10.7. The van der Waals surface area contributed by atoms with Crippen molar-refractivity contribution in [1.29, 1.82) is 0 Å². The molecule has 2 N–H and O–H groups in total. The maximum absolute atomic E-state index is 13.3. The van der Waals surface area contributed by atoms with Crippen LogP contribution in [-0.2, 0) is 4.79 Å². The quantitative estimate of drug-likeness (QED) is 0.652. The number of nitrogens with one attached hydrogen (secondary N) is 2. The molecule has 0 aliphatic heterocycles. The summed E-state index contributed by atoms with van der Waals surface area (Å²) in [6.07, 6.45) is 0.0810. The van der Waals surface area contributed by atoms with Gasteiger partial charge in [-0.3, -0.25) is 9.59 Å². The molecule has 0 atom stereocenters. The van der Waals surface area contributed by atoms with Gasteiger partial charge >= 0.3 is 0 Å². The second kappa shape index (κ2) is 8.71. The van der Waals surface area contributed by atoms with Gasteiger partial charge < -0.3 is 10.6 Å². The lowest BCUT2D eigenvalue weighted by atomic mass is 10.1. The van der Waals surface area contributed by atoms with Gasteiger partial charge in [-0.2, -0.15) is 0 Å². The number of carbonyl (C=O) groups is 2. The first-order valence-electron chi connectivity index (χ1n) is 8.48. The van der Waals surface area contributed by atoms with Crippen molar-refractivity contribution in [2.75, 3.05) is 11.9 Å². The standard InChI is InChI=1S/C20H17F2N3O2S/c1-12-3-2-4-14(9-12)19(27)23-8-7-18(26)25-20-24-17(11-28-20)13-5-6-15(21)16(22)10-13/h2-6,9-11H,7-8H2,1H3,(H,23,27)(H,24,25,26). The van der Waals surface area contributed by atoms with Gasteiger partial charge in [0.25, 0.3) is 5.91 Å². The Morgan fingerprint density at radius 2 is 1.93 bits per heavy atom. The predicted molar refractivity (Wildman–Crippen MR) is 104 cm³/mol. The van der Waals surface area contributed by atoms with Gasteiger partial charge in [-0.15, -0.1) is 11.3 Å². The molecule has 5 nitrogen and oxygen atoms in total. The van der Waals surface area contributed by atoms with E-state index in [1.807, 2.05) is 13.0 Å². The number of amides is 2. The topological polar surface area (TPSA) is 71.1 Å². The number of halogens is 2. The van der Waals surface area contributed by atoms with E-state index in [1.54, 1.807) is 23.6 Å². The van der Waals surface area contributed by atoms with Gasteiger partial charge in [0.15, 0.2) is 16.8 Å². The first-order valence-corrected chi connectivity index (χ1v) is 9.36. The largest absolute Gasteiger partial charge is 0.352 e. The predicted octanol–water partition coefficient (Wildman–Crippen LogP) is 4.16. The van der Waals surface area contributed by atoms with Crippen LogP contribution in [0.1, 0.15) is 22.3 Å². The Morgan fingerprint density at radius 1 is 1.11 bits per heavy atom. The van der Waals surface area contributed by atoms with E-state index in [4.69, 9.17) is 0 Å². The highest BCUT2D eigenvalue weighted by atomic mass is 32.1. The van der Waals surface area contributed by atoms with Gasteiger partial charge in [0.2, 0.25) is 5.91 Å². The van der Waals surface area contributed by atoms with Gasteiger partial charge in [0.05, 0.1) is 5.69 Å². The molecule has 0 saturated heterocycles. The maximum Gasteiger partial charge on any atom is 0.251 e. The van der Waals surface area contributed by atoms with E-state index in [9.17, 15) is 18.4 Å². The third-order valence-electron chi connectivity index (χ3n) is 3.88. The van der Waals surface area contributed by atoms with Crippen LogP contribution in [0.15, 0.2) is 47.8 Å². The van der Waals surface area contributed by atoms with Crippen LogP contribution in [0.5, 0.6) is 0 Å². The number of nitrogens with zero attached hydrogens (tertiary/aromatic N) is 1. The van der Waals surface area contributed by atoms with E-state index in [0.29, 0.717) is 22.0 Å². The van der Waals surface area contributed by atoms with Crippen LogP contribution in [-0.4, -0.2) is 23.3 Å². The molecule has 144 valence electrons. The van der Waals surface area contributed by atoms with Crippen LogP contribution < -0.4 is 10.6 Å². The number of rotatable bonds is 6. The number of aryl methyl sites for hydroxylation is 1. The molecule has 0 radical (unpaired) electrons. The minimum atomic E-state index is -0.958. The van der Waals surface area contributed by atoms with Gasteiger partial charge in [0, 0.05) is 29.5 Å². The number of thiazole rings is 1. The number of aromatic nitrogens is 1. The Labute approximate surface area is 164 Å². The lowest BCUT2D eigenvalue weighted by Gasteiger charge is -2.06. The Kier molecular flexibility index (Phi) is 6.10. The molecule has 2 aromatic carbocycles. The van der Waals surface area contributed by atoms with E-state index in [-0.39, 0.29) is 24.8 Å². The summed E-state index contributed by atoms with van der Waals surface area (Å²) >= 11 is 1.17. The van der Waals surface area contributed by atoms with E-state index < -0.39 is 11.6 Å². The average Bonchev–Trinajstić information content (AvgIpc) is 3.12. The average molecular weight is 401 g/mol. The number of benzene rings is 2. The minimum Gasteiger partial charge on any atom is -0.352 e. The fourth-order valence-corrected chi connectivity index (χ4v) is 3.21. The van der Waals surface area contributed by atoms with Gasteiger partial charge in [0.1, 0.15) is 0 Å². The van der Waals surface area contributed by atoms with Crippen LogP contribution in [0.4, 0.5) is 13.9 Å². The highest BCUT2D eigenvalue weighted by Crippen LogP contribution is 2.26. The fourth-order valence-electron chi connectivity index (χ4n) is 2.48. The number of anilines is 1. The van der Waals surface area contributed by atoms with Crippen molar-refractivity contribution >= 4 is 28.3 Å². The van der Waals surface area contributed by atoms with Crippen molar-refractivity contribution in [2.45, 2.75) is 13.3 Å². The molecule has 0 saturated carbocycles.